The van der Waals surface area contributed by atoms with Gasteiger partial charge in [-0.25, -0.2) is 4.68 Å². The van der Waals surface area contributed by atoms with Crippen LogP contribution in [0.1, 0.15) is 16.1 Å². The van der Waals surface area contributed by atoms with E-state index >= 15 is 0 Å². The molecule has 122 valence electrons. The highest BCUT2D eigenvalue weighted by Gasteiger charge is 2.12. The Kier molecular flexibility index (Phi) is 3.66. The number of aryl methyl sites for hydroxylation is 1. The highest BCUT2D eigenvalue weighted by Crippen LogP contribution is 2.20. The number of carbonyl (C=O) groups is 1. The summed E-state index contributed by atoms with van der Waals surface area (Å²) < 4.78 is 1.53. The predicted molar refractivity (Wildman–Crippen MR) is 93.6 cm³/mol. The third-order valence-corrected chi connectivity index (χ3v) is 3.81. The van der Waals surface area contributed by atoms with Gasteiger partial charge in [0.25, 0.3) is 5.91 Å². The Morgan fingerprint density at radius 2 is 1.96 bits per heavy atom. The number of nitrogens with one attached hydrogen (secondary N) is 1. The lowest BCUT2D eigenvalue weighted by Gasteiger charge is -2.10. The third-order valence-electron chi connectivity index (χ3n) is 3.81. The molecule has 0 saturated heterocycles. The van der Waals surface area contributed by atoms with Gasteiger partial charge in [-0.1, -0.05) is 24.3 Å². The molecule has 25 heavy (non-hydrogen) atoms. The number of para-hydroxylation sites is 1. The van der Waals surface area contributed by atoms with Gasteiger partial charge in [0.2, 0.25) is 0 Å². The molecule has 0 atom stereocenters. The summed E-state index contributed by atoms with van der Waals surface area (Å²) in [6.45, 7) is 1.88. The van der Waals surface area contributed by atoms with E-state index in [0.29, 0.717) is 11.3 Å². The third kappa shape index (κ3) is 2.94. The zero-order chi connectivity index (χ0) is 17.2. The van der Waals surface area contributed by atoms with Crippen LogP contribution in [0.4, 0.5) is 5.69 Å². The summed E-state index contributed by atoms with van der Waals surface area (Å²) in [5.41, 5.74) is 3.62. The molecule has 0 saturated carbocycles. The molecule has 0 aliphatic rings. The fraction of sp³-hybridized carbons (Fsp3) is 0.0556. The van der Waals surface area contributed by atoms with Crippen LogP contribution in [-0.4, -0.2) is 31.1 Å². The molecule has 0 fully saturated rings. The maximum atomic E-state index is 12.8. The topological polar surface area (TPSA) is 85.6 Å². The predicted octanol–water partition coefficient (Wildman–Crippen LogP) is 2.77. The first-order valence-corrected chi connectivity index (χ1v) is 7.72. The van der Waals surface area contributed by atoms with Gasteiger partial charge in [0, 0.05) is 16.8 Å². The van der Waals surface area contributed by atoms with Crippen LogP contribution in [0.5, 0.6) is 0 Å². The van der Waals surface area contributed by atoms with E-state index in [0.717, 1.165) is 22.3 Å². The maximum Gasteiger partial charge on any atom is 0.256 e. The Labute approximate surface area is 143 Å². The molecule has 0 aliphatic heterocycles. The quantitative estimate of drug-likeness (QED) is 0.624. The molecule has 7 heteroatoms. The highest BCUT2D eigenvalue weighted by atomic mass is 16.1. The Balaban J connectivity index is 1.68. The summed E-state index contributed by atoms with van der Waals surface area (Å²) >= 11 is 0. The first kappa shape index (κ1) is 14.9. The van der Waals surface area contributed by atoms with Gasteiger partial charge in [0.1, 0.15) is 6.33 Å². The largest absolute Gasteiger partial charge is 0.322 e. The van der Waals surface area contributed by atoms with Gasteiger partial charge in [-0.2, -0.15) is 0 Å². The minimum absolute atomic E-state index is 0.185. The minimum atomic E-state index is -0.185. The summed E-state index contributed by atoms with van der Waals surface area (Å²) in [6.07, 6.45) is 1.50. The van der Waals surface area contributed by atoms with E-state index < -0.39 is 0 Å². The number of nitrogens with zero attached hydrogens (tertiary/aromatic N) is 5. The number of carbonyl (C=O) groups excluding carboxylic acids is 1. The lowest BCUT2D eigenvalue weighted by Crippen LogP contribution is -2.13. The number of tetrazole rings is 1. The summed E-state index contributed by atoms with van der Waals surface area (Å²) in [4.78, 5) is 17.3. The molecule has 0 aliphatic carbocycles. The average Bonchev–Trinajstić information content (AvgIpc) is 3.16. The van der Waals surface area contributed by atoms with E-state index in [9.17, 15) is 4.79 Å². The zero-order valence-electron chi connectivity index (χ0n) is 13.4. The van der Waals surface area contributed by atoms with E-state index in [1.165, 1.54) is 11.0 Å². The molecule has 2 aromatic carbocycles. The van der Waals surface area contributed by atoms with Gasteiger partial charge < -0.3 is 5.32 Å². The Morgan fingerprint density at radius 3 is 2.80 bits per heavy atom. The van der Waals surface area contributed by atoms with Crippen LogP contribution in [0.15, 0.2) is 60.9 Å². The zero-order valence-corrected chi connectivity index (χ0v) is 13.4. The summed E-state index contributed by atoms with van der Waals surface area (Å²) in [5.74, 6) is -0.185. The van der Waals surface area contributed by atoms with Crippen molar-refractivity contribution < 1.29 is 4.79 Å². The molecule has 4 rings (SSSR count). The second-order valence-corrected chi connectivity index (χ2v) is 5.59. The van der Waals surface area contributed by atoms with Gasteiger partial charge in [-0.15, -0.1) is 5.10 Å². The van der Waals surface area contributed by atoms with Crippen LogP contribution in [0.2, 0.25) is 0 Å². The molecule has 1 amide bonds. The molecule has 2 aromatic heterocycles. The van der Waals surface area contributed by atoms with Gasteiger partial charge >= 0.3 is 0 Å². The molecule has 2 heterocycles. The lowest BCUT2D eigenvalue weighted by molar-refractivity contribution is 0.102. The van der Waals surface area contributed by atoms with Gasteiger partial charge in [-0.05, 0) is 47.7 Å². The van der Waals surface area contributed by atoms with Gasteiger partial charge in [-0.3, -0.25) is 9.78 Å². The van der Waals surface area contributed by atoms with Crippen LogP contribution in [-0.2, 0) is 0 Å². The number of hydrogen-bond donors (Lipinski definition) is 1. The van der Waals surface area contributed by atoms with E-state index in [1.807, 2.05) is 55.5 Å². The summed E-state index contributed by atoms with van der Waals surface area (Å²) in [6, 6.07) is 16.7. The number of hydrogen-bond acceptors (Lipinski definition) is 5. The van der Waals surface area contributed by atoms with Crippen LogP contribution in [0.25, 0.3) is 16.6 Å². The Bertz CT molecular complexity index is 1060. The SMILES string of the molecule is Cc1cc(C(=O)Nc2cccc(-n3cnnn3)c2)c2ccccc2n1. The fourth-order valence-electron chi connectivity index (χ4n) is 2.70. The first-order valence-electron chi connectivity index (χ1n) is 7.72. The molecular formula is C18H14N6O. The molecule has 4 aromatic rings. The number of fused-ring (bicyclic) bond motifs is 1. The van der Waals surface area contributed by atoms with Crippen molar-refractivity contribution in [3.8, 4) is 5.69 Å². The second-order valence-electron chi connectivity index (χ2n) is 5.59. The van der Waals surface area contributed by atoms with Crippen molar-refractivity contribution in [2.24, 2.45) is 0 Å². The van der Waals surface area contributed by atoms with Crippen molar-refractivity contribution in [3.05, 3.63) is 72.2 Å². The van der Waals surface area contributed by atoms with Crippen molar-refractivity contribution in [3.63, 3.8) is 0 Å². The Morgan fingerprint density at radius 1 is 1.08 bits per heavy atom. The van der Waals surface area contributed by atoms with Crippen LogP contribution >= 0.6 is 0 Å². The van der Waals surface area contributed by atoms with Crippen LogP contribution in [0.3, 0.4) is 0 Å². The van der Waals surface area contributed by atoms with Crippen molar-refractivity contribution in [1.82, 2.24) is 25.2 Å². The van der Waals surface area contributed by atoms with E-state index in [4.69, 9.17) is 0 Å². The molecule has 0 radical (unpaired) electrons. The fourth-order valence-corrected chi connectivity index (χ4v) is 2.70. The standard InChI is InChI=1S/C18H14N6O/c1-12-9-16(15-7-2-3-8-17(15)20-12)18(25)21-13-5-4-6-14(10-13)24-11-19-22-23-24/h2-11H,1H3,(H,21,25). The van der Waals surface area contributed by atoms with E-state index in [1.54, 1.807) is 6.07 Å². The van der Waals surface area contributed by atoms with Crippen molar-refractivity contribution in [1.29, 1.82) is 0 Å². The van der Waals surface area contributed by atoms with Crippen molar-refractivity contribution >= 4 is 22.5 Å². The molecule has 0 unspecified atom stereocenters. The first-order chi connectivity index (χ1) is 12.2. The summed E-state index contributed by atoms with van der Waals surface area (Å²) in [7, 11) is 0. The maximum absolute atomic E-state index is 12.8. The van der Waals surface area contributed by atoms with E-state index in [2.05, 4.69) is 25.8 Å². The van der Waals surface area contributed by atoms with Crippen molar-refractivity contribution in [2.75, 3.05) is 5.32 Å². The Hall–Kier alpha value is -3.61. The molecule has 1 N–H and O–H groups in total. The lowest BCUT2D eigenvalue weighted by atomic mass is 10.1. The molecule has 0 spiro atoms. The van der Waals surface area contributed by atoms with Crippen LogP contribution < -0.4 is 5.32 Å². The molecule has 0 bridgehead atoms. The smallest absolute Gasteiger partial charge is 0.256 e. The monoisotopic (exact) mass is 330 g/mol. The molecule has 7 nitrogen and oxygen atoms in total. The number of anilines is 1. The highest BCUT2D eigenvalue weighted by molar-refractivity contribution is 6.12. The normalized spacial score (nSPS) is 10.8. The number of aromatic nitrogens is 5. The number of pyridine rings is 1. The van der Waals surface area contributed by atoms with Gasteiger partial charge in [0.15, 0.2) is 0 Å². The number of benzene rings is 2. The summed E-state index contributed by atoms with van der Waals surface area (Å²) in [5, 5.41) is 14.8. The van der Waals surface area contributed by atoms with Gasteiger partial charge in [0.05, 0.1) is 16.8 Å². The number of rotatable bonds is 3. The second kappa shape index (κ2) is 6.12. The van der Waals surface area contributed by atoms with Crippen LogP contribution in [0, 0.1) is 6.92 Å². The number of amides is 1. The minimum Gasteiger partial charge on any atom is -0.322 e. The van der Waals surface area contributed by atoms with Crippen molar-refractivity contribution in [2.45, 2.75) is 6.92 Å². The average molecular weight is 330 g/mol. The van der Waals surface area contributed by atoms with E-state index in [-0.39, 0.29) is 5.91 Å². The molecular weight excluding hydrogens is 316 g/mol.